The largest absolute Gasteiger partial charge is 0.0882 e. The molecule has 0 amide bonds. The summed E-state index contributed by atoms with van der Waals surface area (Å²) in [7, 11) is 0. The maximum absolute atomic E-state index is 2.39. The Morgan fingerprint density at radius 1 is 1.00 bits per heavy atom. The van der Waals surface area contributed by atoms with Crippen LogP contribution in [0.2, 0.25) is 0 Å². The van der Waals surface area contributed by atoms with Crippen LogP contribution >= 0.6 is 0 Å². The van der Waals surface area contributed by atoms with Gasteiger partial charge in [0.2, 0.25) is 0 Å². The van der Waals surface area contributed by atoms with Crippen LogP contribution in [-0.4, -0.2) is 0 Å². The molecule has 0 aromatic carbocycles. The molecular formula is C12H20. The predicted molar refractivity (Wildman–Crippen MR) is 55.1 cm³/mol. The first kappa shape index (κ1) is 9.57. The molecule has 0 fully saturated rings. The minimum atomic E-state index is 0.415. The molecule has 0 heterocycles. The summed E-state index contributed by atoms with van der Waals surface area (Å²) in [6, 6.07) is 0. The van der Waals surface area contributed by atoms with E-state index < -0.39 is 0 Å². The second kappa shape index (κ2) is 3.93. The molecule has 68 valence electrons. The zero-order chi connectivity index (χ0) is 9.03. The van der Waals surface area contributed by atoms with Crippen LogP contribution in [0.25, 0.3) is 0 Å². The normalized spacial score (nSPS) is 25.1. The second-order valence-corrected chi connectivity index (χ2v) is 4.69. The van der Waals surface area contributed by atoms with Crippen molar-refractivity contribution >= 4 is 0 Å². The van der Waals surface area contributed by atoms with Crippen molar-refractivity contribution in [1.29, 1.82) is 0 Å². The van der Waals surface area contributed by atoms with Crippen LogP contribution in [0.5, 0.6) is 0 Å². The van der Waals surface area contributed by atoms with Crippen molar-refractivity contribution < 1.29 is 0 Å². The molecule has 0 saturated heterocycles. The van der Waals surface area contributed by atoms with E-state index in [1.165, 1.54) is 19.3 Å². The fourth-order valence-corrected chi connectivity index (χ4v) is 1.53. The van der Waals surface area contributed by atoms with E-state index in [-0.39, 0.29) is 0 Å². The molecule has 1 aliphatic rings. The van der Waals surface area contributed by atoms with Crippen molar-refractivity contribution in [3.8, 4) is 0 Å². The summed E-state index contributed by atoms with van der Waals surface area (Å²) >= 11 is 0. The van der Waals surface area contributed by atoms with Crippen LogP contribution < -0.4 is 0 Å². The van der Waals surface area contributed by atoms with Crippen LogP contribution in [0.1, 0.15) is 40.0 Å². The zero-order valence-electron chi connectivity index (χ0n) is 8.51. The number of allylic oxidation sites excluding steroid dienone is 4. The van der Waals surface area contributed by atoms with Gasteiger partial charge < -0.3 is 0 Å². The van der Waals surface area contributed by atoms with Gasteiger partial charge in [0.1, 0.15) is 0 Å². The lowest BCUT2D eigenvalue weighted by atomic mass is 9.78. The summed E-state index contributed by atoms with van der Waals surface area (Å²) in [4.78, 5) is 0. The van der Waals surface area contributed by atoms with E-state index >= 15 is 0 Å². The highest BCUT2D eigenvalue weighted by molar-refractivity contribution is 5.01. The molecule has 0 aromatic rings. The van der Waals surface area contributed by atoms with Crippen LogP contribution in [0.15, 0.2) is 24.3 Å². The molecule has 0 N–H and O–H groups in total. The van der Waals surface area contributed by atoms with Gasteiger partial charge in [0.05, 0.1) is 0 Å². The molecule has 0 aromatic heterocycles. The van der Waals surface area contributed by atoms with E-state index in [2.05, 4.69) is 45.1 Å². The standard InChI is InChI=1S/C12H20/c1-12(2,3)11-9-7-5-4-6-8-10-11/h5,7-8,10-11H,4,6,9H2,1-3H3. The smallest absolute Gasteiger partial charge is 0.0150 e. The van der Waals surface area contributed by atoms with E-state index in [1.54, 1.807) is 0 Å². The monoisotopic (exact) mass is 164 g/mol. The summed E-state index contributed by atoms with van der Waals surface area (Å²) < 4.78 is 0. The molecule has 0 radical (unpaired) electrons. The molecule has 0 spiro atoms. The zero-order valence-corrected chi connectivity index (χ0v) is 8.51. The van der Waals surface area contributed by atoms with E-state index in [0.717, 1.165) is 0 Å². The van der Waals surface area contributed by atoms with Gasteiger partial charge >= 0.3 is 0 Å². The Kier molecular flexibility index (Phi) is 3.13. The molecule has 1 rings (SSSR count). The third kappa shape index (κ3) is 2.84. The summed E-state index contributed by atoms with van der Waals surface area (Å²) in [5.41, 5.74) is 0.415. The Hall–Kier alpha value is -0.520. The fraction of sp³-hybridized carbons (Fsp3) is 0.667. The maximum atomic E-state index is 2.39. The molecule has 12 heavy (non-hydrogen) atoms. The van der Waals surface area contributed by atoms with E-state index in [0.29, 0.717) is 11.3 Å². The van der Waals surface area contributed by atoms with Crippen molar-refractivity contribution in [2.45, 2.75) is 40.0 Å². The third-order valence-electron chi connectivity index (χ3n) is 2.54. The topological polar surface area (TPSA) is 0 Å². The van der Waals surface area contributed by atoms with Crippen molar-refractivity contribution in [2.24, 2.45) is 11.3 Å². The summed E-state index contributed by atoms with van der Waals surface area (Å²) in [5.74, 6) is 0.717. The van der Waals surface area contributed by atoms with Crippen molar-refractivity contribution in [3.05, 3.63) is 24.3 Å². The first-order valence-electron chi connectivity index (χ1n) is 4.92. The Morgan fingerprint density at radius 2 is 1.67 bits per heavy atom. The highest BCUT2D eigenvalue weighted by Gasteiger charge is 2.20. The van der Waals surface area contributed by atoms with Gasteiger partial charge in [0.15, 0.2) is 0 Å². The molecule has 0 saturated carbocycles. The SMILES string of the molecule is CC(C)(C)C1C=CCCC=CC1. The Labute approximate surface area is 76.4 Å². The lowest BCUT2D eigenvalue weighted by Crippen LogP contribution is -2.17. The molecule has 1 aliphatic carbocycles. The first-order valence-corrected chi connectivity index (χ1v) is 4.92. The van der Waals surface area contributed by atoms with E-state index in [1.807, 2.05) is 0 Å². The van der Waals surface area contributed by atoms with Gasteiger partial charge in [-0.3, -0.25) is 0 Å². The fourth-order valence-electron chi connectivity index (χ4n) is 1.53. The van der Waals surface area contributed by atoms with Gasteiger partial charge in [0, 0.05) is 0 Å². The lowest BCUT2D eigenvalue weighted by molar-refractivity contribution is 0.294. The lowest BCUT2D eigenvalue weighted by Gasteiger charge is -2.27. The minimum Gasteiger partial charge on any atom is -0.0882 e. The third-order valence-corrected chi connectivity index (χ3v) is 2.54. The summed E-state index contributed by atoms with van der Waals surface area (Å²) in [5, 5.41) is 0. The average Bonchev–Trinajstić information content (AvgIpc) is 1.81. The molecular weight excluding hydrogens is 144 g/mol. The van der Waals surface area contributed by atoms with Crippen molar-refractivity contribution in [1.82, 2.24) is 0 Å². The molecule has 0 heteroatoms. The average molecular weight is 164 g/mol. The number of hydrogen-bond donors (Lipinski definition) is 0. The van der Waals surface area contributed by atoms with Crippen LogP contribution in [-0.2, 0) is 0 Å². The first-order chi connectivity index (χ1) is 5.61. The maximum Gasteiger partial charge on any atom is -0.0150 e. The van der Waals surface area contributed by atoms with Gasteiger partial charge in [-0.25, -0.2) is 0 Å². The van der Waals surface area contributed by atoms with Gasteiger partial charge in [0.25, 0.3) is 0 Å². The van der Waals surface area contributed by atoms with Gasteiger partial charge in [-0.15, -0.1) is 0 Å². The van der Waals surface area contributed by atoms with Gasteiger partial charge in [-0.2, -0.15) is 0 Å². The summed E-state index contributed by atoms with van der Waals surface area (Å²) in [6.45, 7) is 6.95. The van der Waals surface area contributed by atoms with Crippen LogP contribution in [0.4, 0.5) is 0 Å². The Bertz CT molecular complexity index is 179. The minimum absolute atomic E-state index is 0.415. The second-order valence-electron chi connectivity index (χ2n) is 4.69. The molecule has 0 bridgehead atoms. The Balaban J connectivity index is 2.62. The number of rotatable bonds is 0. The molecule has 1 unspecified atom stereocenters. The molecule has 0 nitrogen and oxygen atoms in total. The van der Waals surface area contributed by atoms with Crippen molar-refractivity contribution in [2.75, 3.05) is 0 Å². The van der Waals surface area contributed by atoms with Crippen LogP contribution in [0.3, 0.4) is 0 Å². The van der Waals surface area contributed by atoms with Gasteiger partial charge in [-0.1, -0.05) is 45.1 Å². The molecule has 1 atom stereocenters. The highest BCUT2D eigenvalue weighted by atomic mass is 14.3. The predicted octanol–water partition coefficient (Wildman–Crippen LogP) is 3.95. The summed E-state index contributed by atoms with van der Waals surface area (Å²) in [6.07, 6.45) is 13.0. The van der Waals surface area contributed by atoms with Crippen molar-refractivity contribution in [3.63, 3.8) is 0 Å². The van der Waals surface area contributed by atoms with Gasteiger partial charge in [-0.05, 0) is 30.6 Å². The highest BCUT2D eigenvalue weighted by Crippen LogP contribution is 2.31. The van der Waals surface area contributed by atoms with E-state index in [9.17, 15) is 0 Å². The Morgan fingerprint density at radius 3 is 2.33 bits per heavy atom. The number of hydrogen-bond acceptors (Lipinski definition) is 0. The van der Waals surface area contributed by atoms with Crippen LogP contribution in [0, 0.1) is 11.3 Å². The quantitative estimate of drug-likeness (QED) is 0.476. The molecule has 0 aliphatic heterocycles. The van der Waals surface area contributed by atoms with E-state index in [4.69, 9.17) is 0 Å².